The Balaban J connectivity index is 0.000000463. The number of hydrogen-bond acceptors (Lipinski definition) is 9. The third-order valence-corrected chi connectivity index (χ3v) is 2.85. The molecule has 0 aliphatic carbocycles. The highest BCUT2D eigenvalue weighted by Gasteiger charge is 2.28. The number of rotatable bonds is 7. The lowest BCUT2D eigenvalue weighted by Gasteiger charge is -2.23. The van der Waals surface area contributed by atoms with E-state index in [1.54, 1.807) is 12.1 Å². The molecule has 1 aromatic rings. The summed E-state index contributed by atoms with van der Waals surface area (Å²) in [6, 6.07) is 4.72. The summed E-state index contributed by atoms with van der Waals surface area (Å²) in [5.74, 6) is -1.58. The Morgan fingerprint density at radius 2 is 1.76 bits per heavy atom. The lowest BCUT2D eigenvalue weighted by molar-refractivity contribution is -0.131. The lowest BCUT2D eigenvalue weighted by atomic mass is 10.0. The summed E-state index contributed by atoms with van der Waals surface area (Å²) in [6.07, 6.45) is -4.43. The Kier molecular flexibility index (Phi) is 10.2. The molecular weight excluding hydrogens is 338 g/mol. The van der Waals surface area contributed by atoms with Crippen molar-refractivity contribution in [1.29, 1.82) is 0 Å². The second-order valence-electron chi connectivity index (χ2n) is 4.84. The molecule has 0 unspecified atom stereocenters. The van der Waals surface area contributed by atoms with Crippen LogP contribution in [0.25, 0.3) is 0 Å². The molecule has 140 valence electrons. The quantitative estimate of drug-likeness (QED) is 0.179. The fraction of sp³-hybridized carbons (Fsp3) is 0.400. The fourth-order valence-corrected chi connectivity index (χ4v) is 1.53. The summed E-state index contributed by atoms with van der Waals surface area (Å²) < 4.78 is 4.69. The van der Waals surface area contributed by atoms with Crippen LogP contribution >= 0.6 is 0 Å². The number of benzene rings is 1. The number of carbonyl (C=O) groups excluding carboxylic acids is 2. The minimum absolute atomic E-state index is 0.0160. The van der Waals surface area contributed by atoms with E-state index in [1.807, 2.05) is 0 Å². The Bertz CT molecular complexity index is 578. The molecule has 0 bridgehead atoms. The van der Waals surface area contributed by atoms with Gasteiger partial charge in [-0.05, 0) is 12.1 Å². The van der Waals surface area contributed by atoms with Crippen LogP contribution in [-0.2, 0) is 9.59 Å². The maximum absolute atomic E-state index is 10.6. The number of ether oxygens (including phenoxy) is 1. The maximum atomic E-state index is 10.6. The van der Waals surface area contributed by atoms with Gasteiger partial charge in [-0.3, -0.25) is 4.79 Å². The van der Waals surface area contributed by atoms with Crippen LogP contribution in [0.5, 0.6) is 5.75 Å². The van der Waals surface area contributed by atoms with Gasteiger partial charge in [0.25, 0.3) is 0 Å². The van der Waals surface area contributed by atoms with Crippen LogP contribution in [0.15, 0.2) is 24.3 Å². The van der Waals surface area contributed by atoms with Crippen molar-refractivity contribution in [3.05, 3.63) is 29.8 Å². The molecular formula is C15H21NO9. The molecule has 0 aliphatic heterocycles. The van der Waals surface area contributed by atoms with Gasteiger partial charge in [0, 0.05) is 6.92 Å². The molecule has 0 heterocycles. The highest BCUT2D eigenvalue weighted by molar-refractivity contribution is 5.91. The summed E-state index contributed by atoms with van der Waals surface area (Å²) in [5, 5.41) is 43.9. The van der Waals surface area contributed by atoms with Gasteiger partial charge in [0.2, 0.25) is 0 Å². The zero-order valence-corrected chi connectivity index (χ0v) is 13.3. The van der Waals surface area contributed by atoms with Crippen molar-refractivity contribution in [2.24, 2.45) is 5.73 Å². The molecule has 0 spiro atoms. The minimum Gasteiger partial charge on any atom is -0.478 e. The Labute approximate surface area is 143 Å². The molecule has 0 aliphatic rings. The van der Waals surface area contributed by atoms with Gasteiger partial charge in [0.05, 0.1) is 12.6 Å². The summed E-state index contributed by atoms with van der Waals surface area (Å²) in [6.45, 7) is 0.516. The first-order chi connectivity index (χ1) is 11.6. The van der Waals surface area contributed by atoms with Gasteiger partial charge in [-0.15, -0.1) is 0 Å². The molecule has 0 radical (unpaired) electrons. The van der Waals surface area contributed by atoms with E-state index in [0.717, 1.165) is 0 Å². The number of hydrogen-bond donors (Lipinski definition) is 6. The third kappa shape index (κ3) is 7.83. The summed E-state index contributed by atoms with van der Waals surface area (Å²) in [5.41, 5.74) is 5.02. The SMILES string of the molecule is CC(=O)Oc1ccccc1C(=O)O.N[C@@H](C=O)[C@@H](O)[C@H](O)[C@H](O)CO. The molecule has 10 nitrogen and oxygen atoms in total. The van der Waals surface area contributed by atoms with Crippen LogP contribution < -0.4 is 10.5 Å². The zero-order valence-electron chi connectivity index (χ0n) is 13.3. The molecule has 1 aromatic carbocycles. The minimum atomic E-state index is -1.62. The number of para-hydroxylation sites is 1. The zero-order chi connectivity index (χ0) is 19.6. The summed E-state index contributed by atoms with van der Waals surface area (Å²) >= 11 is 0. The number of nitrogens with two attached hydrogens (primary N) is 1. The first kappa shape index (κ1) is 22.6. The molecule has 0 saturated heterocycles. The van der Waals surface area contributed by atoms with Crippen molar-refractivity contribution < 1.29 is 44.7 Å². The number of carbonyl (C=O) groups is 3. The van der Waals surface area contributed by atoms with Crippen molar-refractivity contribution in [2.45, 2.75) is 31.3 Å². The predicted molar refractivity (Wildman–Crippen MR) is 83.9 cm³/mol. The normalized spacial score (nSPS) is 15.0. The van der Waals surface area contributed by atoms with Gasteiger partial charge in [0.1, 0.15) is 35.9 Å². The number of aldehydes is 1. The van der Waals surface area contributed by atoms with Crippen LogP contribution in [0.2, 0.25) is 0 Å². The van der Waals surface area contributed by atoms with E-state index in [-0.39, 0.29) is 17.6 Å². The number of aliphatic hydroxyl groups excluding tert-OH is 4. The van der Waals surface area contributed by atoms with Gasteiger partial charge in [-0.2, -0.15) is 0 Å². The van der Waals surface area contributed by atoms with E-state index >= 15 is 0 Å². The van der Waals surface area contributed by atoms with Gasteiger partial charge < -0.3 is 40.8 Å². The standard InChI is InChI=1S/C9H8O4.C6H13NO5/c1-6(10)13-8-5-3-2-4-7(8)9(11)12;7-3(1-8)5(11)6(12)4(10)2-9/h2-5H,1H3,(H,11,12);1,3-6,9-12H,2,7H2/t;3-,4+,5+,6+/m.0/s1. The number of esters is 1. The van der Waals surface area contributed by atoms with Gasteiger partial charge >= 0.3 is 11.9 Å². The first-order valence-electron chi connectivity index (χ1n) is 7.02. The average Bonchev–Trinajstić information content (AvgIpc) is 2.59. The molecule has 0 saturated carbocycles. The monoisotopic (exact) mass is 359 g/mol. The van der Waals surface area contributed by atoms with Crippen molar-refractivity contribution >= 4 is 18.2 Å². The molecule has 1 rings (SSSR count). The highest BCUT2D eigenvalue weighted by Crippen LogP contribution is 2.17. The highest BCUT2D eigenvalue weighted by atomic mass is 16.5. The molecule has 0 aromatic heterocycles. The third-order valence-electron chi connectivity index (χ3n) is 2.85. The summed E-state index contributed by atoms with van der Waals surface area (Å²) in [7, 11) is 0. The lowest BCUT2D eigenvalue weighted by Crippen LogP contribution is -2.49. The fourth-order valence-electron chi connectivity index (χ4n) is 1.53. The largest absolute Gasteiger partial charge is 0.478 e. The van der Waals surface area contributed by atoms with Crippen molar-refractivity contribution in [2.75, 3.05) is 6.61 Å². The van der Waals surface area contributed by atoms with E-state index in [1.165, 1.54) is 19.1 Å². The first-order valence-corrected chi connectivity index (χ1v) is 7.02. The van der Waals surface area contributed by atoms with Crippen LogP contribution in [0.4, 0.5) is 0 Å². The second-order valence-corrected chi connectivity index (χ2v) is 4.84. The molecule has 4 atom stereocenters. The van der Waals surface area contributed by atoms with E-state index in [0.29, 0.717) is 0 Å². The number of carboxylic acids is 1. The van der Waals surface area contributed by atoms with Crippen LogP contribution in [0, 0.1) is 0 Å². The van der Waals surface area contributed by atoms with E-state index in [2.05, 4.69) is 4.74 Å². The Hall–Kier alpha value is -2.37. The maximum Gasteiger partial charge on any atom is 0.339 e. The molecule has 0 amide bonds. The van der Waals surface area contributed by atoms with Gasteiger partial charge in [-0.25, -0.2) is 4.79 Å². The smallest absolute Gasteiger partial charge is 0.339 e. The summed E-state index contributed by atoms with van der Waals surface area (Å²) in [4.78, 5) is 31.2. The van der Waals surface area contributed by atoms with Gasteiger partial charge in [0.15, 0.2) is 0 Å². The van der Waals surface area contributed by atoms with E-state index < -0.39 is 42.9 Å². The molecule has 0 fully saturated rings. The van der Waals surface area contributed by atoms with Gasteiger partial charge in [-0.1, -0.05) is 12.1 Å². The van der Waals surface area contributed by atoms with Crippen molar-refractivity contribution in [1.82, 2.24) is 0 Å². The van der Waals surface area contributed by atoms with Crippen LogP contribution in [0.3, 0.4) is 0 Å². The molecule has 7 N–H and O–H groups in total. The van der Waals surface area contributed by atoms with Crippen molar-refractivity contribution in [3.8, 4) is 5.75 Å². The van der Waals surface area contributed by atoms with E-state index in [4.69, 9.17) is 31.3 Å². The van der Waals surface area contributed by atoms with E-state index in [9.17, 15) is 14.4 Å². The molecule has 25 heavy (non-hydrogen) atoms. The van der Waals surface area contributed by atoms with Crippen molar-refractivity contribution in [3.63, 3.8) is 0 Å². The Morgan fingerprint density at radius 3 is 2.20 bits per heavy atom. The number of carboxylic acid groups (broad SMARTS) is 1. The predicted octanol–water partition coefficient (Wildman–Crippen LogP) is -2.10. The second kappa shape index (κ2) is 11.2. The van der Waals surface area contributed by atoms with Crippen LogP contribution in [-0.4, -0.2) is 74.7 Å². The number of aliphatic hydroxyl groups is 4. The number of aromatic carboxylic acids is 1. The topological polar surface area (TPSA) is 188 Å². The Morgan fingerprint density at radius 1 is 1.20 bits per heavy atom. The van der Waals surface area contributed by atoms with Crippen LogP contribution in [0.1, 0.15) is 17.3 Å². The average molecular weight is 359 g/mol. The molecule has 10 heteroatoms.